The van der Waals surface area contributed by atoms with E-state index in [0.717, 1.165) is 17.7 Å². The van der Waals surface area contributed by atoms with Gasteiger partial charge in [-0.1, -0.05) is 6.07 Å². The molecular formula is C11H12N2O. The second kappa shape index (κ2) is 4.07. The summed E-state index contributed by atoms with van der Waals surface area (Å²) in [7, 11) is 0. The summed E-state index contributed by atoms with van der Waals surface area (Å²) in [5.74, 6) is 0.855. The lowest BCUT2D eigenvalue weighted by Gasteiger charge is -1.99. The van der Waals surface area contributed by atoms with E-state index in [2.05, 4.69) is 4.98 Å². The van der Waals surface area contributed by atoms with Crippen LogP contribution in [0.1, 0.15) is 16.9 Å². The molecule has 0 saturated carbocycles. The van der Waals surface area contributed by atoms with Gasteiger partial charge >= 0.3 is 0 Å². The Labute approximate surface area is 82.6 Å². The second-order valence-electron chi connectivity index (χ2n) is 3.11. The Morgan fingerprint density at radius 2 is 2.29 bits per heavy atom. The van der Waals surface area contributed by atoms with E-state index in [-0.39, 0.29) is 0 Å². The second-order valence-corrected chi connectivity index (χ2v) is 3.11. The number of rotatable bonds is 3. The van der Waals surface area contributed by atoms with Crippen LogP contribution in [0.15, 0.2) is 41.3 Å². The highest BCUT2D eigenvalue weighted by atomic mass is 16.3. The Hall–Kier alpha value is -1.61. The summed E-state index contributed by atoms with van der Waals surface area (Å²) in [5, 5.41) is 0. The molecule has 0 aromatic carbocycles. The predicted molar refractivity (Wildman–Crippen MR) is 53.6 cm³/mol. The van der Waals surface area contributed by atoms with Crippen molar-refractivity contribution in [3.63, 3.8) is 0 Å². The van der Waals surface area contributed by atoms with Crippen molar-refractivity contribution in [2.24, 2.45) is 5.73 Å². The summed E-state index contributed by atoms with van der Waals surface area (Å²) in [4.78, 5) is 4.06. The molecule has 3 nitrogen and oxygen atoms in total. The van der Waals surface area contributed by atoms with Gasteiger partial charge in [0, 0.05) is 18.8 Å². The summed E-state index contributed by atoms with van der Waals surface area (Å²) in [6, 6.07) is 5.92. The first-order chi connectivity index (χ1) is 6.90. The van der Waals surface area contributed by atoms with Crippen LogP contribution in [0, 0.1) is 0 Å². The quantitative estimate of drug-likeness (QED) is 0.798. The highest BCUT2D eigenvalue weighted by Crippen LogP contribution is 2.14. The molecule has 2 aromatic heterocycles. The van der Waals surface area contributed by atoms with E-state index in [4.69, 9.17) is 10.2 Å². The average molecular weight is 188 g/mol. The zero-order valence-corrected chi connectivity index (χ0v) is 7.81. The van der Waals surface area contributed by atoms with Crippen molar-refractivity contribution in [1.29, 1.82) is 0 Å². The molecule has 14 heavy (non-hydrogen) atoms. The van der Waals surface area contributed by atoms with E-state index in [1.54, 1.807) is 12.5 Å². The average Bonchev–Trinajstić information content (AvgIpc) is 2.67. The molecule has 2 rings (SSSR count). The molecule has 0 bridgehead atoms. The highest BCUT2D eigenvalue weighted by molar-refractivity contribution is 5.25. The molecular weight excluding hydrogens is 176 g/mol. The normalized spacial score (nSPS) is 10.4. The van der Waals surface area contributed by atoms with Crippen LogP contribution in [0.4, 0.5) is 0 Å². The summed E-state index contributed by atoms with van der Waals surface area (Å²) < 4.78 is 5.24. The van der Waals surface area contributed by atoms with E-state index < -0.39 is 0 Å². The summed E-state index contributed by atoms with van der Waals surface area (Å²) in [6.45, 7) is 0.447. The predicted octanol–water partition coefficient (Wildman–Crippen LogP) is 1.72. The molecule has 2 heterocycles. The number of pyridine rings is 1. The molecule has 0 fully saturated rings. The number of hydrogen-bond acceptors (Lipinski definition) is 3. The smallest absolute Gasteiger partial charge is 0.120 e. The minimum Gasteiger partial charge on any atom is -0.468 e. The molecule has 0 saturated heterocycles. The fourth-order valence-corrected chi connectivity index (χ4v) is 1.43. The van der Waals surface area contributed by atoms with Crippen LogP contribution in [-0.4, -0.2) is 4.98 Å². The lowest BCUT2D eigenvalue weighted by atomic mass is 10.1. The molecule has 72 valence electrons. The lowest BCUT2D eigenvalue weighted by Crippen LogP contribution is -1.99. The summed E-state index contributed by atoms with van der Waals surface area (Å²) in [5.41, 5.74) is 7.85. The molecule has 2 aromatic rings. The molecule has 0 unspecified atom stereocenters. The van der Waals surface area contributed by atoms with Gasteiger partial charge in [-0.2, -0.15) is 0 Å². The van der Waals surface area contributed by atoms with Gasteiger partial charge in [-0.3, -0.25) is 4.98 Å². The largest absolute Gasteiger partial charge is 0.468 e. The topological polar surface area (TPSA) is 52.0 Å². The fraction of sp³-hybridized carbons (Fsp3) is 0.182. The molecule has 0 spiro atoms. The first-order valence-corrected chi connectivity index (χ1v) is 4.54. The minimum atomic E-state index is 0.447. The van der Waals surface area contributed by atoms with Crippen molar-refractivity contribution in [3.8, 4) is 0 Å². The van der Waals surface area contributed by atoms with Crippen LogP contribution >= 0.6 is 0 Å². The maximum absolute atomic E-state index is 5.54. The lowest BCUT2D eigenvalue weighted by molar-refractivity contribution is 0.508. The molecule has 0 radical (unpaired) electrons. The van der Waals surface area contributed by atoms with Gasteiger partial charge in [0.1, 0.15) is 5.76 Å². The van der Waals surface area contributed by atoms with Gasteiger partial charge in [0.05, 0.1) is 12.8 Å². The first-order valence-electron chi connectivity index (χ1n) is 4.54. The number of nitrogens with two attached hydrogens (primary N) is 1. The molecule has 3 heteroatoms. The molecule has 0 atom stereocenters. The van der Waals surface area contributed by atoms with Gasteiger partial charge in [0.25, 0.3) is 0 Å². The van der Waals surface area contributed by atoms with Crippen LogP contribution in [-0.2, 0) is 13.0 Å². The minimum absolute atomic E-state index is 0.447. The molecule has 0 aliphatic carbocycles. The summed E-state index contributed by atoms with van der Waals surface area (Å²) in [6.07, 6.45) is 6.13. The monoisotopic (exact) mass is 188 g/mol. The van der Waals surface area contributed by atoms with Gasteiger partial charge in [-0.25, -0.2) is 0 Å². The standard InChI is InChI=1S/C11H12N2O/c12-7-11-10(3-5-14-11)6-9-2-1-4-13-8-9/h1-5,8H,6-7,12H2. The van der Waals surface area contributed by atoms with Gasteiger partial charge in [-0.15, -0.1) is 0 Å². The van der Waals surface area contributed by atoms with Crippen molar-refractivity contribution in [3.05, 3.63) is 53.7 Å². The molecule has 0 amide bonds. The third-order valence-corrected chi connectivity index (χ3v) is 2.14. The maximum atomic E-state index is 5.54. The van der Waals surface area contributed by atoms with E-state index in [0.29, 0.717) is 6.54 Å². The Morgan fingerprint density at radius 1 is 1.36 bits per heavy atom. The molecule has 0 aliphatic rings. The van der Waals surface area contributed by atoms with Crippen molar-refractivity contribution < 1.29 is 4.42 Å². The Kier molecular flexibility index (Phi) is 2.60. The van der Waals surface area contributed by atoms with Crippen molar-refractivity contribution in [2.75, 3.05) is 0 Å². The number of hydrogen-bond donors (Lipinski definition) is 1. The van der Waals surface area contributed by atoms with Gasteiger partial charge < -0.3 is 10.2 Å². The van der Waals surface area contributed by atoms with E-state index in [1.165, 1.54) is 5.56 Å². The zero-order chi connectivity index (χ0) is 9.80. The highest BCUT2D eigenvalue weighted by Gasteiger charge is 2.04. The molecule has 2 N–H and O–H groups in total. The van der Waals surface area contributed by atoms with Gasteiger partial charge in [-0.05, 0) is 23.3 Å². The molecule has 0 aliphatic heterocycles. The fourth-order valence-electron chi connectivity index (χ4n) is 1.43. The third-order valence-electron chi connectivity index (χ3n) is 2.14. The first kappa shape index (κ1) is 8.97. The van der Waals surface area contributed by atoms with E-state index in [1.807, 2.05) is 24.4 Å². The zero-order valence-electron chi connectivity index (χ0n) is 7.81. The number of aromatic nitrogens is 1. The van der Waals surface area contributed by atoms with Gasteiger partial charge in [0.2, 0.25) is 0 Å². The Bertz CT molecular complexity index is 395. The number of furan rings is 1. The van der Waals surface area contributed by atoms with Crippen LogP contribution in [0.2, 0.25) is 0 Å². The Morgan fingerprint density at radius 3 is 3.00 bits per heavy atom. The summed E-state index contributed by atoms with van der Waals surface area (Å²) >= 11 is 0. The van der Waals surface area contributed by atoms with Crippen molar-refractivity contribution in [2.45, 2.75) is 13.0 Å². The van der Waals surface area contributed by atoms with Crippen molar-refractivity contribution in [1.82, 2.24) is 4.98 Å². The van der Waals surface area contributed by atoms with Crippen LogP contribution in [0.25, 0.3) is 0 Å². The third kappa shape index (κ3) is 1.83. The maximum Gasteiger partial charge on any atom is 0.120 e. The SMILES string of the molecule is NCc1occc1Cc1cccnc1. The van der Waals surface area contributed by atoms with E-state index >= 15 is 0 Å². The van der Waals surface area contributed by atoms with E-state index in [9.17, 15) is 0 Å². The Balaban J connectivity index is 2.19. The number of nitrogens with zero attached hydrogens (tertiary/aromatic N) is 1. The van der Waals surface area contributed by atoms with Crippen molar-refractivity contribution >= 4 is 0 Å². The van der Waals surface area contributed by atoms with Gasteiger partial charge in [0.15, 0.2) is 0 Å². The van der Waals surface area contributed by atoms with Crippen LogP contribution in [0.3, 0.4) is 0 Å². The van der Waals surface area contributed by atoms with Crippen LogP contribution < -0.4 is 5.73 Å². The van der Waals surface area contributed by atoms with Crippen LogP contribution in [0.5, 0.6) is 0 Å².